The lowest BCUT2D eigenvalue weighted by Gasteiger charge is -2.21. The molecule has 78 valence electrons. The molecular formula is C11H17NS2. The van der Waals surface area contributed by atoms with E-state index in [1.54, 1.807) is 0 Å². The van der Waals surface area contributed by atoms with E-state index >= 15 is 0 Å². The molecule has 1 saturated carbocycles. The summed E-state index contributed by atoms with van der Waals surface area (Å²) >= 11 is 6.27. The first-order valence-corrected chi connectivity index (χ1v) is 6.57. The fourth-order valence-electron chi connectivity index (χ4n) is 1.84. The summed E-state index contributed by atoms with van der Waals surface area (Å²) in [5.74, 6) is 1.04. The van der Waals surface area contributed by atoms with Gasteiger partial charge in [-0.2, -0.15) is 12.6 Å². The van der Waals surface area contributed by atoms with Gasteiger partial charge in [-0.1, -0.05) is 6.07 Å². The van der Waals surface area contributed by atoms with Crippen molar-refractivity contribution in [3.8, 4) is 0 Å². The zero-order chi connectivity index (χ0) is 10.0. The van der Waals surface area contributed by atoms with E-state index in [-0.39, 0.29) is 0 Å². The van der Waals surface area contributed by atoms with Gasteiger partial charge in [0, 0.05) is 18.0 Å². The van der Waals surface area contributed by atoms with Crippen LogP contribution in [0.1, 0.15) is 17.7 Å². The van der Waals surface area contributed by atoms with Gasteiger partial charge < -0.3 is 4.90 Å². The minimum absolute atomic E-state index is 0.551. The Bertz CT molecular complexity index is 277. The molecule has 1 aliphatic carbocycles. The summed E-state index contributed by atoms with van der Waals surface area (Å²) in [5, 5.41) is 2.15. The van der Waals surface area contributed by atoms with Gasteiger partial charge >= 0.3 is 0 Å². The van der Waals surface area contributed by atoms with Crippen LogP contribution < -0.4 is 0 Å². The quantitative estimate of drug-likeness (QED) is 0.757. The van der Waals surface area contributed by atoms with Crippen LogP contribution in [-0.4, -0.2) is 24.2 Å². The minimum atomic E-state index is 0.551. The molecule has 0 unspecified atom stereocenters. The smallest absolute Gasteiger partial charge is 0.0325 e. The summed E-state index contributed by atoms with van der Waals surface area (Å²) in [6, 6.07) is 4.33. The molecule has 1 heterocycles. The molecule has 0 saturated heterocycles. The second-order valence-electron chi connectivity index (χ2n) is 4.41. The molecule has 0 radical (unpaired) electrons. The largest absolute Gasteiger partial charge is 0.301 e. The summed E-state index contributed by atoms with van der Waals surface area (Å²) in [6.07, 6.45) is 2.73. The van der Waals surface area contributed by atoms with E-state index in [9.17, 15) is 0 Å². The lowest BCUT2D eigenvalue weighted by atomic mass is 10.1. The molecular weight excluding hydrogens is 210 g/mol. The summed E-state index contributed by atoms with van der Waals surface area (Å²) in [6.45, 7) is 2.29. The summed E-state index contributed by atoms with van der Waals surface area (Å²) in [5.41, 5.74) is 0.551. The fourth-order valence-corrected chi connectivity index (χ4v) is 3.04. The Morgan fingerprint density at radius 1 is 1.57 bits per heavy atom. The first-order valence-electron chi connectivity index (χ1n) is 5.06. The van der Waals surface area contributed by atoms with Crippen LogP contribution in [0.2, 0.25) is 0 Å². The normalized spacial score (nSPS) is 18.8. The maximum atomic E-state index is 4.43. The molecule has 0 bridgehead atoms. The van der Waals surface area contributed by atoms with Crippen molar-refractivity contribution in [2.24, 2.45) is 5.41 Å². The van der Waals surface area contributed by atoms with Gasteiger partial charge in [-0.25, -0.2) is 0 Å². The first kappa shape index (κ1) is 10.5. The van der Waals surface area contributed by atoms with Crippen molar-refractivity contribution in [2.45, 2.75) is 19.4 Å². The van der Waals surface area contributed by atoms with Gasteiger partial charge in [0.1, 0.15) is 0 Å². The van der Waals surface area contributed by atoms with Crippen molar-refractivity contribution >= 4 is 24.0 Å². The summed E-state index contributed by atoms with van der Waals surface area (Å²) in [7, 11) is 2.21. The van der Waals surface area contributed by atoms with E-state index in [1.807, 2.05) is 11.3 Å². The molecule has 14 heavy (non-hydrogen) atoms. The van der Waals surface area contributed by atoms with Crippen molar-refractivity contribution in [1.82, 2.24) is 4.90 Å². The van der Waals surface area contributed by atoms with Crippen molar-refractivity contribution in [3.63, 3.8) is 0 Å². The topological polar surface area (TPSA) is 3.24 Å². The van der Waals surface area contributed by atoms with Crippen LogP contribution in [0.4, 0.5) is 0 Å². The number of rotatable bonds is 5. The number of thiophene rings is 1. The molecule has 1 aromatic rings. The molecule has 0 amide bonds. The molecule has 0 spiro atoms. The third-order valence-corrected chi connectivity index (χ3v) is 4.44. The SMILES string of the molecule is CN(Cc1cccs1)CC1(CS)CC1. The summed E-state index contributed by atoms with van der Waals surface area (Å²) in [4.78, 5) is 3.89. The third kappa shape index (κ3) is 2.53. The second kappa shape index (κ2) is 4.25. The van der Waals surface area contributed by atoms with Crippen LogP contribution in [0.3, 0.4) is 0 Å². The van der Waals surface area contributed by atoms with E-state index in [2.05, 4.69) is 42.1 Å². The Hall–Kier alpha value is 0.01000. The van der Waals surface area contributed by atoms with E-state index in [0.717, 1.165) is 12.3 Å². The predicted molar refractivity (Wildman–Crippen MR) is 66.2 cm³/mol. The van der Waals surface area contributed by atoms with Gasteiger partial charge in [0.05, 0.1) is 0 Å². The van der Waals surface area contributed by atoms with Crippen LogP contribution in [0.15, 0.2) is 17.5 Å². The fraction of sp³-hybridized carbons (Fsp3) is 0.636. The highest BCUT2D eigenvalue weighted by atomic mass is 32.1. The maximum absolute atomic E-state index is 4.43. The maximum Gasteiger partial charge on any atom is 0.0325 e. The van der Waals surface area contributed by atoms with Crippen LogP contribution in [0.25, 0.3) is 0 Å². The van der Waals surface area contributed by atoms with Gasteiger partial charge in [0.25, 0.3) is 0 Å². The molecule has 1 nitrogen and oxygen atoms in total. The molecule has 1 fully saturated rings. The lowest BCUT2D eigenvalue weighted by molar-refractivity contribution is 0.272. The molecule has 0 N–H and O–H groups in total. The van der Waals surface area contributed by atoms with E-state index < -0.39 is 0 Å². The van der Waals surface area contributed by atoms with Crippen molar-refractivity contribution < 1.29 is 0 Å². The van der Waals surface area contributed by atoms with Crippen LogP contribution in [0.5, 0.6) is 0 Å². The van der Waals surface area contributed by atoms with Gasteiger partial charge in [-0.3, -0.25) is 0 Å². The molecule has 0 aromatic carbocycles. The molecule has 0 aliphatic heterocycles. The van der Waals surface area contributed by atoms with Crippen molar-refractivity contribution in [1.29, 1.82) is 0 Å². The van der Waals surface area contributed by atoms with E-state index in [4.69, 9.17) is 0 Å². The number of hydrogen-bond donors (Lipinski definition) is 1. The van der Waals surface area contributed by atoms with Crippen LogP contribution in [-0.2, 0) is 6.54 Å². The Morgan fingerprint density at radius 2 is 2.36 bits per heavy atom. The van der Waals surface area contributed by atoms with Crippen molar-refractivity contribution in [2.75, 3.05) is 19.3 Å². The van der Waals surface area contributed by atoms with Crippen LogP contribution >= 0.6 is 24.0 Å². The average Bonchev–Trinajstić information content (AvgIpc) is 2.74. The highest BCUT2D eigenvalue weighted by Crippen LogP contribution is 2.47. The third-order valence-electron chi connectivity index (χ3n) is 2.90. The zero-order valence-electron chi connectivity index (χ0n) is 8.57. The van der Waals surface area contributed by atoms with Gasteiger partial charge in [0.15, 0.2) is 0 Å². The number of nitrogens with zero attached hydrogens (tertiary/aromatic N) is 1. The Kier molecular flexibility index (Phi) is 3.20. The number of hydrogen-bond acceptors (Lipinski definition) is 3. The molecule has 3 heteroatoms. The molecule has 2 rings (SSSR count). The Morgan fingerprint density at radius 3 is 2.86 bits per heavy atom. The lowest BCUT2D eigenvalue weighted by Crippen LogP contribution is -2.27. The zero-order valence-corrected chi connectivity index (χ0v) is 10.3. The van der Waals surface area contributed by atoms with Crippen molar-refractivity contribution in [3.05, 3.63) is 22.4 Å². The van der Waals surface area contributed by atoms with Gasteiger partial charge in [-0.15, -0.1) is 11.3 Å². The second-order valence-corrected chi connectivity index (χ2v) is 5.76. The van der Waals surface area contributed by atoms with E-state index in [0.29, 0.717) is 5.41 Å². The monoisotopic (exact) mass is 227 g/mol. The number of thiol groups is 1. The van der Waals surface area contributed by atoms with E-state index in [1.165, 1.54) is 24.3 Å². The summed E-state index contributed by atoms with van der Waals surface area (Å²) < 4.78 is 0. The Balaban J connectivity index is 1.82. The Labute approximate surface area is 95.5 Å². The molecule has 0 atom stereocenters. The molecule has 1 aromatic heterocycles. The molecule has 1 aliphatic rings. The average molecular weight is 227 g/mol. The predicted octanol–water partition coefficient (Wildman–Crippen LogP) is 2.89. The highest BCUT2D eigenvalue weighted by molar-refractivity contribution is 7.80. The van der Waals surface area contributed by atoms with Gasteiger partial charge in [-0.05, 0) is 42.5 Å². The van der Waals surface area contributed by atoms with Crippen LogP contribution in [0, 0.1) is 5.41 Å². The standard InChI is InChI=1S/C11H17NS2/c1-12(7-10-3-2-6-14-10)8-11(9-13)4-5-11/h2-3,6,13H,4-5,7-9H2,1H3. The first-order chi connectivity index (χ1) is 6.74. The minimum Gasteiger partial charge on any atom is -0.301 e. The van der Waals surface area contributed by atoms with Gasteiger partial charge in [0.2, 0.25) is 0 Å². The highest BCUT2D eigenvalue weighted by Gasteiger charge is 2.41.